The predicted molar refractivity (Wildman–Crippen MR) is 124 cm³/mol. The second-order valence-electron chi connectivity index (χ2n) is 6.60. The Hall–Kier alpha value is -1.74. The fraction of sp³-hybridized carbons (Fsp3) is 0.136. The van der Waals surface area contributed by atoms with Crippen molar-refractivity contribution in [1.29, 1.82) is 0 Å². The zero-order valence-corrected chi connectivity index (χ0v) is 19.3. The fourth-order valence-corrected chi connectivity index (χ4v) is 5.32. The molecule has 0 fully saturated rings. The summed E-state index contributed by atoms with van der Waals surface area (Å²) in [6, 6.07) is 21.3. The zero-order chi connectivity index (χ0) is 21.0. The van der Waals surface area contributed by atoms with Crippen molar-refractivity contribution in [3.05, 3.63) is 101 Å². The molecule has 0 saturated carbocycles. The van der Waals surface area contributed by atoms with Crippen LogP contribution in [0.25, 0.3) is 0 Å². The van der Waals surface area contributed by atoms with Crippen molar-refractivity contribution < 1.29 is 13.2 Å². The number of sulfonamides is 1. The van der Waals surface area contributed by atoms with Crippen LogP contribution in [0.1, 0.15) is 25.4 Å². The van der Waals surface area contributed by atoms with E-state index in [0.29, 0.717) is 10.6 Å². The summed E-state index contributed by atoms with van der Waals surface area (Å²) >= 11 is 8.07. The largest absolute Gasteiger partial charge is 0.292 e. The molecule has 0 aliphatic carbocycles. The van der Waals surface area contributed by atoms with Crippen LogP contribution in [-0.2, 0) is 10.0 Å². The van der Waals surface area contributed by atoms with Crippen LogP contribution < -0.4 is 4.72 Å². The molecule has 7 heteroatoms. The van der Waals surface area contributed by atoms with Crippen LogP contribution in [0.2, 0.25) is 5.02 Å². The zero-order valence-electron chi connectivity index (χ0n) is 15.5. The Morgan fingerprint density at radius 3 is 2.10 bits per heavy atom. The van der Waals surface area contributed by atoms with Crippen molar-refractivity contribution in [2.45, 2.75) is 21.8 Å². The lowest BCUT2D eigenvalue weighted by Crippen LogP contribution is -2.43. The molecule has 0 aliphatic heterocycles. The quantitative estimate of drug-likeness (QED) is 0.250. The number of carbonyl (C=O) groups excluding carboxylic acids is 1. The summed E-state index contributed by atoms with van der Waals surface area (Å²) in [5, 5.41) is 0.573. The summed E-state index contributed by atoms with van der Waals surface area (Å²) in [5.74, 6) is -0.296. The lowest BCUT2D eigenvalue weighted by atomic mass is 9.98. The van der Waals surface area contributed by atoms with Crippen molar-refractivity contribution in [2.24, 2.45) is 0 Å². The molecule has 0 heterocycles. The van der Waals surface area contributed by atoms with Crippen LogP contribution in [0, 0.1) is 6.92 Å². The third-order valence-corrected chi connectivity index (χ3v) is 7.58. The number of nitrogens with one attached hydrogen (secondary N) is 1. The Balaban J connectivity index is 1.99. The summed E-state index contributed by atoms with van der Waals surface area (Å²) in [6.07, 6.45) is 0. The number of rotatable bonds is 7. The lowest BCUT2D eigenvalue weighted by molar-refractivity contribution is 0.0954. The summed E-state index contributed by atoms with van der Waals surface area (Å²) in [4.78, 5) is 13.4. The Kier molecular flexibility index (Phi) is 7.10. The molecule has 4 nitrogen and oxygen atoms in total. The summed E-state index contributed by atoms with van der Waals surface area (Å²) < 4.78 is 28.2. The third-order valence-electron chi connectivity index (χ3n) is 4.44. The van der Waals surface area contributed by atoms with E-state index in [1.165, 1.54) is 12.1 Å². The first kappa shape index (κ1) is 22.0. The fourth-order valence-electron chi connectivity index (χ4n) is 2.82. The van der Waals surface area contributed by atoms with Gasteiger partial charge in [-0.25, -0.2) is 8.42 Å². The number of carbonyl (C=O) groups is 1. The molecule has 29 heavy (non-hydrogen) atoms. The van der Waals surface area contributed by atoms with E-state index in [9.17, 15) is 13.2 Å². The first-order chi connectivity index (χ1) is 13.8. The number of hydrogen-bond donors (Lipinski definition) is 1. The van der Waals surface area contributed by atoms with E-state index in [1.54, 1.807) is 60.7 Å². The monoisotopic (exact) mass is 539 g/mol. The summed E-state index contributed by atoms with van der Waals surface area (Å²) in [5.41, 5.74) is 2.20. The van der Waals surface area contributed by atoms with Gasteiger partial charge in [-0.1, -0.05) is 94.4 Å². The SMILES string of the molecule is Cc1ccc(S(=O)(=O)NC(C(=O)c2ccccc2)C(I)c2ccc(Cl)cc2)cc1. The van der Waals surface area contributed by atoms with Gasteiger partial charge in [0.2, 0.25) is 10.0 Å². The normalized spacial score (nSPS) is 13.6. The molecule has 0 radical (unpaired) electrons. The number of halogens is 2. The molecule has 3 rings (SSSR count). The van der Waals surface area contributed by atoms with E-state index in [4.69, 9.17) is 11.6 Å². The maximum absolute atomic E-state index is 13.2. The molecule has 3 aromatic rings. The van der Waals surface area contributed by atoms with Gasteiger partial charge in [0.05, 0.1) is 8.82 Å². The smallest absolute Gasteiger partial charge is 0.241 e. The standard InChI is InChI=1S/C22H19ClINO3S/c1-15-7-13-19(14-8-15)29(27,28)25-21(22(26)17-5-3-2-4-6-17)20(24)16-9-11-18(23)12-10-16/h2-14,20-21,25H,1H3. The van der Waals surface area contributed by atoms with Crippen LogP contribution in [0.4, 0.5) is 0 Å². The first-order valence-corrected chi connectivity index (χ1v) is 12.0. The van der Waals surface area contributed by atoms with E-state index in [0.717, 1.165) is 11.1 Å². The minimum Gasteiger partial charge on any atom is -0.292 e. The van der Waals surface area contributed by atoms with Gasteiger partial charge in [-0.2, -0.15) is 4.72 Å². The maximum Gasteiger partial charge on any atom is 0.241 e. The average molecular weight is 540 g/mol. The molecule has 2 unspecified atom stereocenters. The Labute approximate surface area is 189 Å². The van der Waals surface area contributed by atoms with Crippen molar-refractivity contribution in [3.8, 4) is 0 Å². The second-order valence-corrected chi connectivity index (χ2v) is 10.1. The van der Waals surface area contributed by atoms with E-state index < -0.39 is 20.0 Å². The molecule has 0 spiro atoms. The van der Waals surface area contributed by atoms with Gasteiger partial charge in [-0.15, -0.1) is 0 Å². The molecule has 2 atom stereocenters. The highest BCUT2D eigenvalue weighted by atomic mass is 127. The Morgan fingerprint density at radius 1 is 0.931 bits per heavy atom. The maximum atomic E-state index is 13.2. The summed E-state index contributed by atoms with van der Waals surface area (Å²) in [6.45, 7) is 1.88. The van der Waals surface area contributed by atoms with Crippen LogP contribution in [0.5, 0.6) is 0 Å². The molecule has 1 N–H and O–H groups in total. The van der Waals surface area contributed by atoms with Gasteiger partial charge in [0.1, 0.15) is 6.04 Å². The first-order valence-electron chi connectivity index (χ1n) is 8.86. The molecule has 0 saturated heterocycles. The highest BCUT2D eigenvalue weighted by molar-refractivity contribution is 14.1. The number of hydrogen-bond acceptors (Lipinski definition) is 3. The van der Waals surface area contributed by atoms with Gasteiger partial charge >= 0.3 is 0 Å². The minimum atomic E-state index is -3.89. The topological polar surface area (TPSA) is 63.2 Å². The molecule has 0 aromatic heterocycles. The van der Waals surface area contributed by atoms with Gasteiger partial charge in [0, 0.05) is 10.6 Å². The number of Topliss-reactive ketones (excluding diaryl/α,β-unsaturated/α-hetero) is 1. The lowest BCUT2D eigenvalue weighted by Gasteiger charge is -2.23. The van der Waals surface area contributed by atoms with E-state index in [2.05, 4.69) is 27.3 Å². The average Bonchev–Trinajstić information content (AvgIpc) is 2.72. The van der Waals surface area contributed by atoms with Gasteiger partial charge in [0.25, 0.3) is 0 Å². The Bertz CT molecular complexity index is 1090. The molecule has 0 bridgehead atoms. The third kappa shape index (κ3) is 5.45. The van der Waals surface area contributed by atoms with E-state index in [1.807, 2.05) is 13.0 Å². The van der Waals surface area contributed by atoms with Gasteiger partial charge < -0.3 is 0 Å². The summed E-state index contributed by atoms with van der Waals surface area (Å²) in [7, 11) is -3.89. The highest BCUT2D eigenvalue weighted by Crippen LogP contribution is 2.31. The molecular weight excluding hydrogens is 521 g/mol. The van der Waals surface area contributed by atoms with Gasteiger partial charge in [0.15, 0.2) is 5.78 Å². The van der Waals surface area contributed by atoms with Gasteiger partial charge in [-0.05, 0) is 36.8 Å². The number of aryl methyl sites for hydroxylation is 1. The van der Waals surface area contributed by atoms with E-state index in [-0.39, 0.29) is 10.7 Å². The van der Waals surface area contributed by atoms with Crippen LogP contribution >= 0.6 is 34.2 Å². The van der Waals surface area contributed by atoms with Crippen molar-refractivity contribution in [2.75, 3.05) is 0 Å². The highest BCUT2D eigenvalue weighted by Gasteiger charge is 2.33. The number of alkyl halides is 1. The minimum absolute atomic E-state index is 0.119. The predicted octanol–water partition coefficient (Wildman–Crippen LogP) is 5.35. The van der Waals surface area contributed by atoms with Crippen molar-refractivity contribution >= 4 is 50.0 Å². The van der Waals surface area contributed by atoms with Crippen molar-refractivity contribution in [1.82, 2.24) is 4.72 Å². The molecule has 0 aliphatic rings. The molecule has 150 valence electrons. The van der Waals surface area contributed by atoms with Crippen LogP contribution in [-0.4, -0.2) is 20.2 Å². The van der Waals surface area contributed by atoms with Crippen molar-refractivity contribution in [3.63, 3.8) is 0 Å². The molecule has 3 aromatic carbocycles. The van der Waals surface area contributed by atoms with Crippen LogP contribution in [0.15, 0.2) is 83.8 Å². The Morgan fingerprint density at radius 2 is 1.52 bits per heavy atom. The molecule has 0 amide bonds. The van der Waals surface area contributed by atoms with Crippen LogP contribution in [0.3, 0.4) is 0 Å². The van der Waals surface area contributed by atoms with Gasteiger partial charge in [-0.3, -0.25) is 4.79 Å². The second kappa shape index (κ2) is 9.38. The number of benzene rings is 3. The number of ketones is 1. The van der Waals surface area contributed by atoms with E-state index >= 15 is 0 Å². The molecular formula is C22H19ClINO3S.